The van der Waals surface area contributed by atoms with Crippen molar-refractivity contribution in [2.24, 2.45) is 0 Å². The standard InChI is InChI=1S/C9H10N5/c1-3-11-9(12-4-1)13-5-2-8-6-10-7-14-8/h1,3,6-7H,2,5H2,(H,10,14)(H,11,12,13). The Bertz CT molecular complexity index is 356. The quantitative estimate of drug-likeness (QED) is 0.739. The SMILES string of the molecule is [c]1ccnc(NCCc2cnc[nH]2)n1. The lowest BCUT2D eigenvalue weighted by Crippen LogP contribution is -2.07. The third-order valence-electron chi connectivity index (χ3n) is 1.75. The summed E-state index contributed by atoms with van der Waals surface area (Å²) < 4.78 is 0. The van der Waals surface area contributed by atoms with Crippen LogP contribution in [-0.2, 0) is 6.42 Å². The number of anilines is 1. The van der Waals surface area contributed by atoms with Crippen molar-refractivity contribution in [2.45, 2.75) is 6.42 Å². The molecule has 0 aliphatic carbocycles. The normalized spacial score (nSPS) is 10.0. The molecule has 2 heterocycles. The van der Waals surface area contributed by atoms with Crippen molar-refractivity contribution in [3.8, 4) is 0 Å². The summed E-state index contributed by atoms with van der Waals surface area (Å²) in [6.07, 6.45) is 8.72. The number of aromatic amines is 1. The highest BCUT2D eigenvalue weighted by atomic mass is 15.1. The molecule has 0 atom stereocenters. The Balaban J connectivity index is 1.79. The van der Waals surface area contributed by atoms with Gasteiger partial charge in [-0.15, -0.1) is 0 Å². The van der Waals surface area contributed by atoms with E-state index in [-0.39, 0.29) is 0 Å². The smallest absolute Gasteiger partial charge is 0.223 e. The number of nitrogens with zero attached hydrogens (tertiary/aromatic N) is 3. The van der Waals surface area contributed by atoms with E-state index >= 15 is 0 Å². The second-order valence-corrected chi connectivity index (χ2v) is 2.76. The van der Waals surface area contributed by atoms with Crippen LogP contribution in [0.3, 0.4) is 0 Å². The van der Waals surface area contributed by atoms with E-state index in [1.807, 2.05) is 0 Å². The number of hydrogen-bond donors (Lipinski definition) is 2. The van der Waals surface area contributed by atoms with Crippen LogP contribution >= 0.6 is 0 Å². The Kier molecular flexibility index (Phi) is 2.70. The van der Waals surface area contributed by atoms with Gasteiger partial charge in [-0.3, -0.25) is 0 Å². The fourth-order valence-corrected chi connectivity index (χ4v) is 1.08. The van der Waals surface area contributed by atoms with Crippen LogP contribution in [0.4, 0.5) is 5.95 Å². The lowest BCUT2D eigenvalue weighted by molar-refractivity contribution is 0.952. The number of aromatic nitrogens is 4. The maximum absolute atomic E-state index is 4.02. The molecule has 5 heteroatoms. The van der Waals surface area contributed by atoms with Crippen molar-refractivity contribution in [2.75, 3.05) is 11.9 Å². The Hall–Kier alpha value is -1.91. The lowest BCUT2D eigenvalue weighted by Gasteiger charge is -2.01. The van der Waals surface area contributed by atoms with Crippen LogP contribution in [0.1, 0.15) is 5.69 Å². The second kappa shape index (κ2) is 4.36. The molecule has 0 aliphatic heterocycles. The van der Waals surface area contributed by atoms with Crippen molar-refractivity contribution < 1.29 is 0 Å². The molecule has 0 aliphatic rings. The van der Waals surface area contributed by atoms with E-state index in [0.717, 1.165) is 18.7 Å². The molecule has 0 spiro atoms. The minimum absolute atomic E-state index is 0.604. The first kappa shape index (κ1) is 8.68. The van der Waals surface area contributed by atoms with Crippen LogP contribution in [0.5, 0.6) is 0 Å². The minimum atomic E-state index is 0.604. The van der Waals surface area contributed by atoms with Gasteiger partial charge in [-0.1, -0.05) is 0 Å². The minimum Gasteiger partial charge on any atom is -0.354 e. The van der Waals surface area contributed by atoms with Crippen LogP contribution in [-0.4, -0.2) is 26.5 Å². The van der Waals surface area contributed by atoms with E-state index in [0.29, 0.717) is 5.95 Å². The van der Waals surface area contributed by atoms with Gasteiger partial charge in [-0.2, -0.15) is 0 Å². The van der Waals surface area contributed by atoms with Gasteiger partial charge >= 0.3 is 0 Å². The van der Waals surface area contributed by atoms with Crippen LogP contribution in [0, 0.1) is 6.20 Å². The molecule has 0 aromatic carbocycles. The summed E-state index contributed by atoms with van der Waals surface area (Å²) in [7, 11) is 0. The monoisotopic (exact) mass is 188 g/mol. The number of H-pyrrole nitrogens is 1. The summed E-state index contributed by atoms with van der Waals surface area (Å²) in [6.45, 7) is 0.778. The molecule has 1 radical (unpaired) electrons. The highest BCUT2D eigenvalue weighted by Crippen LogP contribution is 1.96. The van der Waals surface area contributed by atoms with Crippen molar-refractivity contribution in [1.29, 1.82) is 0 Å². The first-order chi connectivity index (χ1) is 6.95. The molecule has 71 valence electrons. The molecule has 0 amide bonds. The molecular weight excluding hydrogens is 178 g/mol. The van der Waals surface area contributed by atoms with Gasteiger partial charge in [0.2, 0.25) is 5.95 Å². The Morgan fingerprint density at radius 1 is 1.50 bits per heavy atom. The summed E-state index contributed by atoms with van der Waals surface area (Å²) in [5.74, 6) is 0.604. The zero-order chi connectivity index (χ0) is 9.64. The van der Waals surface area contributed by atoms with Gasteiger partial charge in [0.1, 0.15) is 0 Å². The fraction of sp³-hybridized carbons (Fsp3) is 0.222. The number of hydrogen-bond acceptors (Lipinski definition) is 4. The molecule has 0 bridgehead atoms. The predicted molar refractivity (Wildman–Crippen MR) is 51.6 cm³/mol. The third kappa shape index (κ3) is 2.29. The van der Waals surface area contributed by atoms with Crippen LogP contribution in [0.25, 0.3) is 0 Å². The van der Waals surface area contributed by atoms with Gasteiger partial charge in [-0.25, -0.2) is 15.0 Å². The highest BCUT2D eigenvalue weighted by molar-refractivity contribution is 5.21. The molecule has 0 saturated heterocycles. The van der Waals surface area contributed by atoms with E-state index in [2.05, 4.69) is 31.4 Å². The van der Waals surface area contributed by atoms with E-state index in [1.54, 1.807) is 24.8 Å². The predicted octanol–water partition coefficient (Wildman–Crippen LogP) is 0.654. The zero-order valence-corrected chi connectivity index (χ0v) is 7.57. The summed E-state index contributed by atoms with van der Waals surface area (Å²) >= 11 is 0. The summed E-state index contributed by atoms with van der Waals surface area (Å²) in [6, 6.07) is 1.67. The Morgan fingerprint density at radius 3 is 3.21 bits per heavy atom. The van der Waals surface area contributed by atoms with Gasteiger partial charge < -0.3 is 10.3 Å². The van der Waals surface area contributed by atoms with Crippen LogP contribution in [0.2, 0.25) is 0 Å². The van der Waals surface area contributed by atoms with Crippen molar-refractivity contribution >= 4 is 5.95 Å². The first-order valence-electron chi connectivity index (χ1n) is 4.35. The molecular formula is C9H10N5. The van der Waals surface area contributed by atoms with E-state index < -0.39 is 0 Å². The van der Waals surface area contributed by atoms with Gasteiger partial charge in [0.05, 0.1) is 12.5 Å². The first-order valence-corrected chi connectivity index (χ1v) is 4.35. The van der Waals surface area contributed by atoms with Crippen molar-refractivity contribution in [3.63, 3.8) is 0 Å². The molecule has 2 N–H and O–H groups in total. The van der Waals surface area contributed by atoms with E-state index in [4.69, 9.17) is 0 Å². The number of imidazole rings is 1. The lowest BCUT2D eigenvalue weighted by atomic mass is 10.3. The maximum atomic E-state index is 4.02. The maximum Gasteiger partial charge on any atom is 0.223 e. The molecule has 0 unspecified atom stereocenters. The average Bonchev–Trinajstić information content (AvgIpc) is 2.72. The van der Waals surface area contributed by atoms with Gasteiger partial charge in [0, 0.05) is 31.1 Å². The largest absolute Gasteiger partial charge is 0.354 e. The van der Waals surface area contributed by atoms with Gasteiger partial charge in [0.25, 0.3) is 0 Å². The molecule has 2 aromatic rings. The van der Waals surface area contributed by atoms with Crippen molar-refractivity contribution in [1.82, 2.24) is 19.9 Å². The topological polar surface area (TPSA) is 66.5 Å². The van der Waals surface area contributed by atoms with Crippen LogP contribution < -0.4 is 5.32 Å². The second-order valence-electron chi connectivity index (χ2n) is 2.76. The number of nitrogens with one attached hydrogen (secondary N) is 2. The molecule has 2 aromatic heterocycles. The summed E-state index contributed by atoms with van der Waals surface area (Å²) in [4.78, 5) is 14.9. The third-order valence-corrected chi connectivity index (χ3v) is 1.75. The van der Waals surface area contributed by atoms with E-state index in [9.17, 15) is 0 Å². The fourth-order valence-electron chi connectivity index (χ4n) is 1.08. The van der Waals surface area contributed by atoms with Gasteiger partial charge in [0.15, 0.2) is 0 Å². The molecule has 0 saturated carbocycles. The van der Waals surface area contributed by atoms with Gasteiger partial charge in [-0.05, 0) is 6.07 Å². The Labute approximate surface area is 81.6 Å². The molecule has 14 heavy (non-hydrogen) atoms. The Morgan fingerprint density at radius 2 is 2.50 bits per heavy atom. The number of rotatable bonds is 4. The molecule has 0 fully saturated rings. The van der Waals surface area contributed by atoms with Crippen LogP contribution in [0.15, 0.2) is 24.8 Å². The highest BCUT2D eigenvalue weighted by Gasteiger charge is 1.95. The van der Waals surface area contributed by atoms with E-state index in [1.165, 1.54) is 0 Å². The molecule has 2 rings (SSSR count). The summed E-state index contributed by atoms with van der Waals surface area (Å²) in [5.41, 5.74) is 1.09. The average molecular weight is 188 g/mol. The summed E-state index contributed by atoms with van der Waals surface area (Å²) in [5, 5.41) is 3.08. The zero-order valence-electron chi connectivity index (χ0n) is 7.57. The molecule has 5 nitrogen and oxygen atoms in total. The van der Waals surface area contributed by atoms with Crippen molar-refractivity contribution in [3.05, 3.63) is 36.7 Å².